The lowest BCUT2D eigenvalue weighted by Gasteiger charge is -2.25. The minimum atomic E-state index is -0.308. The predicted octanol–water partition coefficient (Wildman–Crippen LogP) is 4.72. The zero-order valence-electron chi connectivity index (χ0n) is 13.8. The van der Waals surface area contributed by atoms with Gasteiger partial charge in [0.2, 0.25) is 5.91 Å². The monoisotopic (exact) mass is 398 g/mol. The number of nitrogens with zero attached hydrogens (tertiary/aromatic N) is 3. The first-order valence-electron chi connectivity index (χ1n) is 8.37. The second-order valence-corrected chi connectivity index (χ2v) is 8.06. The first-order valence-corrected chi connectivity index (χ1v) is 10.1. The van der Waals surface area contributed by atoms with Gasteiger partial charge in [0.25, 0.3) is 0 Å². The van der Waals surface area contributed by atoms with Gasteiger partial charge in [-0.15, -0.1) is 10.2 Å². The molecule has 1 aliphatic carbocycles. The highest BCUT2D eigenvalue weighted by atomic mass is 35.5. The third kappa shape index (κ3) is 4.49. The smallest absolute Gasteiger partial charge is 0.218 e. The Balaban J connectivity index is 1.96. The van der Waals surface area contributed by atoms with Crippen LogP contribution in [0.5, 0.6) is 0 Å². The number of amides is 1. The van der Waals surface area contributed by atoms with Gasteiger partial charge in [-0.3, -0.25) is 9.36 Å². The van der Waals surface area contributed by atoms with Gasteiger partial charge in [-0.25, -0.2) is 0 Å². The molecule has 0 spiro atoms. The third-order valence-corrected chi connectivity index (χ3v) is 5.85. The van der Waals surface area contributed by atoms with Gasteiger partial charge in [0, 0.05) is 28.8 Å². The van der Waals surface area contributed by atoms with E-state index < -0.39 is 0 Å². The number of halogens is 2. The maximum Gasteiger partial charge on any atom is 0.218 e. The Morgan fingerprint density at radius 1 is 1.24 bits per heavy atom. The van der Waals surface area contributed by atoms with Crippen molar-refractivity contribution in [2.45, 2.75) is 49.7 Å². The molecular weight excluding hydrogens is 379 g/mol. The molecule has 0 radical (unpaired) electrons. The van der Waals surface area contributed by atoms with Gasteiger partial charge < -0.3 is 5.73 Å². The van der Waals surface area contributed by atoms with Crippen molar-refractivity contribution in [3.8, 4) is 11.4 Å². The summed E-state index contributed by atoms with van der Waals surface area (Å²) in [6.45, 7) is 0. The average Bonchev–Trinajstić information content (AvgIpc) is 2.99. The van der Waals surface area contributed by atoms with Crippen LogP contribution in [0.15, 0.2) is 23.4 Å². The minimum Gasteiger partial charge on any atom is -0.370 e. The Morgan fingerprint density at radius 2 is 2.00 bits per heavy atom. The van der Waals surface area contributed by atoms with E-state index in [1.54, 1.807) is 6.07 Å². The van der Waals surface area contributed by atoms with Crippen LogP contribution in [-0.2, 0) is 4.79 Å². The molecule has 1 heterocycles. The van der Waals surface area contributed by atoms with Crippen molar-refractivity contribution < 1.29 is 4.79 Å². The van der Waals surface area contributed by atoms with Crippen LogP contribution in [-0.4, -0.2) is 26.4 Å². The number of primary amides is 1. The number of nitrogens with two attached hydrogens (primary N) is 1. The molecule has 5 nitrogen and oxygen atoms in total. The van der Waals surface area contributed by atoms with E-state index in [4.69, 9.17) is 28.9 Å². The summed E-state index contributed by atoms with van der Waals surface area (Å²) in [6, 6.07) is 5.76. The molecule has 1 saturated carbocycles. The van der Waals surface area contributed by atoms with Crippen molar-refractivity contribution in [1.82, 2.24) is 14.8 Å². The van der Waals surface area contributed by atoms with Crippen LogP contribution in [0.2, 0.25) is 10.0 Å². The molecule has 2 N–H and O–H groups in total. The standard InChI is InChI=1S/C17H20Cl2N4OS/c18-11-6-7-13(14(19)10-11)16-21-22-17(25-9-8-15(20)24)23(16)12-4-2-1-3-5-12/h6-7,10,12H,1-5,8-9H2,(H2,20,24). The molecule has 25 heavy (non-hydrogen) atoms. The topological polar surface area (TPSA) is 73.8 Å². The van der Waals surface area contributed by atoms with Crippen molar-refractivity contribution in [3.05, 3.63) is 28.2 Å². The largest absolute Gasteiger partial charge is 0.370 e. The zero-order chi connectivity index (χ0) is 17.8. The minimum absolute atomic E-state index is 0.308. The first kappa shape index (κ1) is 18.5. The van der Waals surface area contributed by atoms with Gasteiger partial charge in [0.15, 0.2) is 11.0 Å². The van der Waals surface area contributed by atoms with Gasteiger partial charge in [0.1, 0.15) is 0 Å². The fourth-order valence-corrected chi connectivity index (χ4v) is 4.59. The Bertz CT molecular complexity index is 759. The quantitative estimate of drug-likeness (QED) is 0.713. The van der Waals surface area contributed by atoms with Crippen molar-refractivity contribution in [2.24, 2.45) is 5.73 Å². The summed E-state index contributed by atoms with van der Waals surface area (Å²) in [7, 11) is 0. The molecule has 0 aliphatic heterocycles. The van der Waals surface area contributed by atoms with E-state index in [0.29, 0.717) is 28.3 Å². The second-order valence-electron chi connectivity index (χ2n) is 6.16. The highest BCUT2D eigenvalue weighted by molar-refractivity contribution is 7.99. The van der Waals surface area contributed by atoms with Crippen molar-refractivity contribution >= 4 is 40.9 Å². The third-order valence-electron chi connectivity index (χ3n) is 4.36. The molecular formula is C17H20Cl2N4OS. The van der Waals surface area contributed by atoms with Gasteiger partial charge in [-0.1, -0.05) is 54.2 Å². The molecule has 0 unspecified atom stereocenters. The number of hydrogen-bond donors (Lipinski definition) is 1. The highest BCUT2D eigenvalue weighted by Crippen LogP contribution is 2.38. The number of carbonyl (C=O) groups is 1. The normalized spacial score (nSPS) is 15.4. The maximum absolute atomic E-state index is 11.0. The van der Waals surface area contributed by atoms with E-state index in [0.717, 1.165) is 29.4 Å². The first-order chi connectivity index (χ1) is 12.1. The zero-order valence-corrected chi connectivity index (χ0v) is 16.1. The van der Waals surface area contributed by atoms with Gasteiger partial charge in [0.05, 0.1) is 5.02 Å². The molecule has 1 aromatic carbocycles. The van der Waals surface area contributed by atoms with Crippen LogP contribution >= 0.6 is 35.0 Å². The van der Waals surface area contributed by atoms with Gasteiger partial charge in [-0.2, -0.15) is 0 Å². The lowest BCUT2D eigenvalue weighted by atomic mass is 9.95. The summed E-state index contributed by atoms with van der Waals surface area (Å²) in [5.41, 5.74) is 6.07. The van der Waals surface area contributed by atoms with E-state index in [2.05, 4.69) is 14.8 Å². The Kier molecular flexibility index (Phi) is 6.25. The molecule has 3 rings (SSSR count). The van der Waals surface area contributed by atoms with Crippen LogP contribution in [0.3, 0.4) is 0 Å². The molecule has 1 amide bonds. The van der Waals surface area contributed by atoms with Crippen LogP contribution in [0, 0.1) is 0 Å². The molecule has 134 valence electrons. The molecule has 2 aromatic rings. The van der Waals surface area contributed by atoms with Gasteiger partial charge >= 0.3 is 0 Å². The second kappa shape index (κ2) is 8.43. The van der Waals surface area contributed by atoms with Crippen LogP contribution in [0.1, 0.15) is 44.6 Å². The summed E-state index contributed by atoms with van der Waals surface area (Å²) < 4.78 is 2.18. The summed E-state index contributed by atoms with van der Waals surface area (Å²) in [5.74, 6) is 1.04. The van der Waals surface area contributed by atoms with Crippen molar-refractivity contribution in [1.29, 1.82) is 0 Å². The molecule has 1 aliphatic rings. The van der Waals surface area contributed by atoms with Crippen LogP contribution in [0.4, 0.5) is 0 Å². The number of hydrogen-bond acceptors (Lipinski definition) is 4. The van der Waals surface area contributed by atoms with Gasteiger partial charge in [-0.05, 0) is 31.0 Å². The summed E-state index contributed by atoms with van der Waals surface area (Å²) in [4.78, 5) is 11.0. The van der Waals surface area contributed by atoms with Crippen LogP contribution < -0.4 is 5.73 Å². The number of benzene rings is 1. The Morgan fingerprint density at radius 3 is 2.68 bits per heavy atom. The predicted molar refractivity (Wildman–Crippen MR) is 102 cm³/mol. The molecule has 0 atom stereocenters. The van der Waals surface area contributed by atoms with E-state index in [1.165, 1.54) is 31.0 Å². The lowest BCUT2D eigenvalue weighted by Crippen LogP contribution is -2.16. The number of rotatable bonds is 6. The summed E-state index contributed by atoms with van der Waals surface area (Å²) in [6.07, 6.45) is 6.17. The Hall–Kier alpha value is -1.24. The molecule has 8 heteroatoms. The molecule has 0 bridgehead atoms. The highest BCUT2D eigenvalue weighted by Gasteiger charge is 2.24. The van der Waals surface area contributed by atoms with Crippen LogP contribution in [0.25, 0.3) is 11.4 Å². The molecule has 1 aromatic heterocycles. The Labute approximate surface area is 161 Å². The van der Waals surface area contributed by atoms with E-state index in [1.807, 2.05) is 12.1 Å². The molecule has 0 saturated heterocycles. The number of aromatic nitrogens is 3. The summed E-state index contributed by atoms with van der Waals surface area (Å²) in [5, 5.41) is 10.7. The fraction of sp³-hybridized carbons (Fsp3) is 0.471. The fourth-order valence-electron chi connectivity index (χ4n) is 3.14. The van der Waals surface area contributed by atoms with E-state index in [9.17, 15) is 4.79 Å². The number of thioether (sulfide) groups is 1. The summed E-state index contributed by atoms with van der Waals surface area (Å²) >= 11 is 13.9. The van der Waals surface area contributed by atoms with E-state index in [-0.39, 0.29) is 5.91 Å². The SMILES string of the molecule is NC(=O)CCSc1nnc(-c2ccc(Cl)cc2Cl)n1C1CCCCC1. The average molecular weight is 399 g/mol. The van der Waals surface area contributed by atoms with Crippen molar-refractivity contribution in [3.63, 3.8) is 0 Å². The maximum atomic E-state index is 11.0. The van der Waals surface area contributed by atoms with E-state index >= 15 is 0 Å². The lowest BCUT2D eigenvalue weighted by molar-refractivity contribution is -0.117. The number of carbonyl (C=O) groups excluding carboxylic acids is 1. The molecule has 1 fully saturated rings. The van der Waals surface area contributed by atoms with Crippen molar-refractivity contribution in [2.75, 3.05) is 5.75 Å².